The zero-order valence-corrected chi connectivity index (χ0v) is 15.2. The van der Waals surface area contributed by atoms with E-state index in [9.17, 15) is 13.2 Å². The minimum absolute atomic E-state index is 0.0102. The molecule has 9 heteroatoms. The number of esters is 1. The Kier molecular flexibility index (Phi) is 10.1. The van der Waals surface area contributed by atoms with Crippen molar-refractivity contribution in [1.29, 1.82) is 0 Å². The lowest BCUT2D eigenvalue weighted by molar-refractivity contribution is 0.0280. The molecule has 0 N–H and O–H groups in total. The molecule has 0 radical (unpaired) electrons. The molecular formula is C16H24O8S. The highest BCUT2D eigenvalue weighted by Gasteiger charge is 2.05. The number of benzene rings is 1. The molecule has 0 aliphatic rings. The summed E-state index contributed by atoms with van der Waals surface area (Å²) in [6.07, 6.45) is 0.987. The quantitative estimate of drug-likeness (QED) is 0.288. The fraction of sp³-hybridized carbons (Fsp3) is 0.562. The number of rotatable bonds is 13. The standard InChI is InChI=1S/C16H24O8S/c1-3-22-16(17)14-4-6-15(7-5-14)23-12-10-20-8-9-21-11-13-24-25(2,18)19/h4-7H,3,8-13H2,1-2H3. The van der Waals surface area contributed by atoms with Crippen LogP contribution in [-0.2, 0) is 28.5 Å². The molecule has 0 amide bonds. The Labute approximate surface area is 148 Å². The van der Waals surface area contributed by atoms with Crippen molar-refractivity contribution in [2.45, 2.75) is 6.92 Å². The van der Waals surface area contributed by atoms with Crippen LogP contribution in [0.1, 0.15) is 17.3 Å². The molecule has 0 unspecified atom stereocenters. The number of carbonyl (C=O) groups is 1. The smallest absolute Gasteiger partial charge is 0.338 e. The molecule has 1 aromatic carbocycles. The molecule has 0 heterocycles. The van der Waals surface area contributed by atoms with E-state index in [0.717, 1.165) is 6.26 Å². The fourth-order valence-corrected chi connectivity index (χ4v) is 2.06. The van der Waals surface area contributed by atoms with Gasteiger partial charge in [-0.05, 0) is 31.2 Å². The summed E-state index contributed by atoms with van der Waals surface area (Å²) in [5.41, 5.74) is 0.474. The van der Waals surface area contributed by atoms with E-state index in [2.05, 4.69) is 4.18 Å². The van der Waals surface area contributed by atoms with Crippen LogP contribution in [0.15, 0.2) is 24.3 Å². The Hall–Kier alpha value is -1.68. The zero-order chi connectivity index (χ0) is 18.5. The summed E-state index contributed by atoms with van der Waals surface area (Å²) in [5.74, 6) is 0.269. The van der Waals surface area contributed by atoms with Crippen molar-refractivity contribution >= 4 is 16.1 Å². The Morgan fingerprint density at radius 3 is 2.04 bits per heavy atom. The summed E-state index contributed by atoms with van der Waals surface area (Å²) < 4.78 is 46.8. The van der Waals surface area contributed by atoms with Crippen molar-refractivity contribution in [2.24, 2.45) is 0 Å². The van der Waals surface area contributed by atoms with Crippen molar-refractivity contribution in [3.05, 3.63) is 29.8 Å². The van der Waals surface area contributed by atoms with Crippen LogP contribution in [0.2, 0.25) is 0 Å². The minimum Gasteiger partial charge on any atom is -0.491 e. The summed E-state index contributed by atoms with van der Waals surface area (Å²) in [7, 11) is -3.42. The molecule has 0 saturated carbocycles. The highest BCUT2D eigenvalue weighted by atomic mass is 32.2. The van der Waals surface area contributed by atoms with Gasteiger partial charge in [0, 0.05) is 0 Å². The zero-order valence-electron chi connectivity index (χ0n) is 14.4. The highest BCUT2D eigenvalue weighted by molar-refractivity contribution is 7.85. The second kappa shape index (κ2) is 11.8. The fourth-order valence-electron chi connectivity index (χ4n) is 1.69. The molecule has 0 bridgehead atoms. The molecule has 0 aliphatic heterocycles. The topological polar surface area (TPSA) is 97.4 Å². The molecule has 0 saturated heterocycles. The molecule has 0 aromatic heterocycles. The van der Waals surface area contributed by atoms with Crippen molar-refractivity contribution < 1.29 is 36.3 Å². The van der Waals surface area contributed by atoms with Gasteiger partial charge in [-0.15, -0.1) is 0 Å². The molecule has 25 heavy (non-hydrogen) atoms. The third-order valence-electron chi connectivity index (χ3n) is 2.76. The Balaban J connectivity index is 2.03. The van der Waals surface area contributed by atoms with E-state index in [1.54, 1.807) is 31.2 Å². The normalized spacial score (nSPS) is 11.3. The van der Waals surface area contributed by atoms with E-state index in [1.165, 1.54) is 0 Å². The predicted octanol–water partition coefficient (Wildman–Crippen LogP) is 1.25. The largest absolute Gasteiger partial charge is 0.491 e. The average Bonchev–Trinajstić information content (AvgIpc) is 2.56. The first kappa shape index (κ1) is 21.4. The summed E-state index contributed by atoms with van der Waals surface area (Å²) in [5, 5.41) is 0. The molecule has 0 atom stereocenters. The van der Waals surface area contributed by atoms with Gasteiger partial charge < -0.3 is 18.9 Å². The summed E-state index contributed by atoms with van der Waals surface area (Å²) in [6, 6.07) is 6.66. The van der Waals surface area contributed by atoms with Gasteiger partial charge in [0.25, 0.3) is 10.1 Å². The molecule has 0 fully saturated rings. The molecule has 1 rings (SSSR count). The summed E-state index contributed by atoms with van der Waals surface area (Å²) >= 11 is 0. The number of ether oxygens (including phenoxy) is 4. The Morgan fingerprint density at radius 1 is 0.920 bits per heavy atom. The molecule has 1 aromatic rings. The van der Waals surface area contributed by atoms with Gasteiger partial charge in [0.05, 0.1) is 51.5 Å². The van der Waals surface area contributed by atoms with Crippen molar-refractivity contribution in [3.8, 4) is 5.75 Å². The summed E-state index contributed by atoms with van der Waals surface area (Å²) in [4.78, 5) is 11.5. The number of carbonyl (C=O) groups excluding carboxylic acids is 1. The van der Waals surface area contributed by atoms with Crippen LogP contribution in [0, 0.1) is 0 Å². The third kappa shape index (κ3) is 10.7. The van der Waals surface area contributed by atoms with E-state index in [1.807, 2.05) is 0 Å². The third-order valence-corrected chi connectivity index (χ3v) is 3.35. The first-order valence-corrected chi connectivity index (χ1v) is 9.64. The lowest BCUT2D eigenvalue weighted by Gasteiger charge is -2.08. The van der Waals surface area contributed by atoms with E-state index >= 15 is 0 Å². The van der Waals surface area contributed by atoms with Gasteiger partial charge in [-0.25, -0.2) is 4.79 Å². The van der Waals surface area contributed by atoms with Crippen molar-refractivity contribution in [3.63, 3.8) is 0 Å². The van der Waals surface area contributed by atoms with Gasteiger partial charge in [0.15, 0.2) is 0 Å². The first-order valence-electron chi connectivity index (χ1n) is 7.82. The molecule has 8 nitrogen and oxygen atoms in total. The van der Waals surface area contributed by atoms with E-state index in [4.69, 9.17) is 18.9 Å². The lowest BCUT2D eigenvalue weighted by Crippen LogP contribution is -2.14. The van der Waals surface area contributed by atoms with Gasteiger partial charge in [-0.1, -0.05) is 0 Å². The predicted molar refractivity (Wildman–Crippen MR) is 90.3 cm³/mol. The van der Waals surface area contributed by atoms with Crippen LogP contribution in [0.4, 0.5) is 0 Å². The minimum atomic E-state index is -3.42. The van der Waals surface area contributed by atoms with Crippen molar-refractivity contribution in [2.75, 3.05) is 52.5 Å². The summed E-state index contributed by atoms with van der Waals surface area (Å²) in [6.45, 7) is 3.69. The molecule has 0 aliphatic carbocycles. The SMILES string of the molecule is CCOC(=O)c1ccc(OCCOCCOCCOS(C)(=O)=O)cc1. The number of hydrogen-bond donors (Lipinski definition) is 0. The lowest BCUT2D eigenvalue weighted by atomic mass is 10.2. The maximum absolute atomic E-state index is 11.5. The van der Waals surface area contributed by atoms with Crippen LogP contribution in [-0.4, -0.2) is 66.9 Å². The van der Waals surface area contributed by atoms with E-state index in [-0.39, 0.29) is 19.2 Å². The van der Waals surface area contributed by atoms with Crippen LogP contribution in [0.3, 0.4) is 0 Å². The maximum Gasteiger partial charge on any atom is 0.338 e. The van der Waals surface area contributed by atoms with Crippen LogP contribution in [0.25, 0.3) is 0 Å². The molecule has 0 spiro atoms. The van der Waals surface area contributed by atoms with E-state index < -0.39 is 10.1 Å². The van der Waals surface area contributed by atoms with Gasteiger partial charge in [-0.3, -0.25) is 4.18 Å². The van der Waals surface area contributed by atoms with Gasteiger partial charge in [0.1, 0.15) is 12.4 Å². The van der Waals surface area contributed by atoms with E-state index in [0.29, 0.717) is 44.3 Å². The Bertz CT molecular complexity index is 597. The van der Waals surface area contributed by atoms with Crippen LogP contribution in [0.5, 0.6) is 5.75 Å². The van der Waals surface area contributed by atoms with Crippen LogP contribution < -0.4 is 4.74 Å². The second-order valence-electron chi connectivity index (χ2n) is 4.84. The van der Waals surface area contributed by atoms with Crippen molar-refractivity contribution in [1.82, 2.24) is 0 Å². The number of hydrogen-bond acceptors (Lipinski definition) is 8. The molecule has 142 valence electrons. The first-order chi connectivity index (χ1) is 11.9. The van der Waals surface area contributed by atoms with Crippen LogP contribution >= 0.6 is 0 Å². The van der Waals surface area contributed by atoms with Gasteiger partial charge in [0.2, 0.25) is 0 Å². The van der Waals surface area contributed by atoms with Gasteiger partial charge >= 0.3 is 5.97 Å². The Morgan fingerprint density at radius 2 is 1.48 bits per heavy atom. The second-order valence-corrected chi connectivity index (χ2v) is 6.49. The highest BCUT2D eigenvalue weighted by Crippen LogP contribution is 2.12. The monoisotopic (exact) mass is 376 g/mol. The molecular weight excluding hydrogens is 352 g/mol. The van der Waals surface area contributed by atoms with Gasteiger partial charge in [-0.2, -0.15) is 8.42 Å². The average molecular weight is 376 g/mol. The maximum atomic E-state index is 11.5.